The molecular formula is C14H10Cl2N2O2S. The highest BCUT2D eigenvalue weighted by Gasteiger charge is 2.21. The van der Waals surface area contributed by atoms with E-state index in [0.29, 0.717) is 5.56 Å². The van der Waals surface area contributed by atoms with Crippen LogP contribution in [0.4, 0.5) is 0 Å². The Labute approximate surface area is 133 Å². The first-order valence-electron chi connectivity index (χ1n) is 5.86. The van der Waals surface area contributed by atoms with Crippen molar-refractivity contribution in [3.8, 4) is 6.07 Å². The lowest BCUT2D eigenvalue weighted by atomic mass is 10.1. The summed E-state index contributed by atoms with van der Waals surface area (Å²) in [4.78, 5) is -0.0481. The van der Waals surface area contributed by atoms with Crippen molar-refractivity contribution in [3.05, 3.63) is 64.1 Å². The predicted octanol–water partition coefficient (Wildman–Crippen LogP) is 3.54. The molecule has 1 atom stereocenters. The number of hydrogen-bond acceptors (Lipinski definition) is 3. The van der Waals surface area contributed by atoms with Crippen LogP contribution in [0.2, 0.25) is 10.0 Å². The third-order valence-electron chi connectivity index (χ3n) is 2.74. The lowest BCUT2D eigenvalue weighted by molar-refractivity contribution is 0.575. The molecule has 0 heterocycles. The Morgan fingerprint density at radius 2 is 1.71 bits per heavy atom. The largest absolute Gasteiger partial charge is 0.242 e. The van der Waals surface area contributed by atoms with Crippen molar-refractivity contribution in [2.45, 2.75) is 10.9 Å². The van der Waals surface area contributed by atoms with Gasteiger partial charge in [-0.1, -0.05) is 53.5 Å². The molecule has 0 aliphatic heterocycles. The molecule has 0 radical (unpaired) electrons. The number of rotatable bonds is 4. The lowest BCUT2D eigenvalue weighted by Crippen LogP contribution is -2.27. The normalized spacial score (nSPS) is 12.6. The average Bonchev–Trinajstić information content (AvgIpc) is 2.48. The van der Waals surface area contributed by atoms with Gasteiger partial charge in [0.05, 0.1) is 21.0 Å². The minimum atomic E-state index is -3.87. The fraction of sp³-hybridized carbons (Fsp3) is 0.0714. The molecule has 0 aliphatic rings. The minimum Gasteiger partial charge on any atom is -0.207 e. The van der Waals surface area contributed by atoms with Crippen LogP contribution in [0.5, 0.6) is 0 Å². The van der Waals surface area contributed by atoms with E-state index in [1.165, 1.54) is 18.2 Å². The molecule has 2 aromatic carbocycles. The zero-order valence-electron chi connectivity index (χ0n) is 10.6. The van der Waals surface area contributed by atoms with Crippen LogP contribution in [-0.2, 0) is 10.0 Å². The molecule has 0 aromatic heterocycles. The molecule has 0 fully saturated rings. The smallest absolute Gasteiger partial charge is 0.207 e. The summed E-state index contributed by atoms with van der Waals surface area (Å²) in [6.45, 7) is 0. The van der Waals surface area contributed by atoms with Gasteiger partial charge in [0.15, 0.2) is 0 Å². The van der Waals surface area contributed by atoms with Crippen LogP contribution >= 0.6 is 23.2 Å². The number of nitriles is 1. The van der Waals surface area contributed by atoms with Crippen LogP contribution in [0.1, 0.15) is 11.6 Å². The van der Waals surface area contributed by atoms with Gasteiger partial charge in [-0.25, -0.2) is 8.42 Å². The second-order valence-electron chi connectivity index (χ2n) is 4.17. The van der Waals surface area contributed by atoms with E-state index in [1.54, 1.807) is 30.3 Å². The molecule has 0 bridgehead atoms. The molecule has 0 amide bonds. The zero-order chi connectivity index (χ0) is 15.5. The van der Waals surface area contributed by atoms with Gasteiger partial charge in [-0.2, -0.15) is 9.98 Å². The Morgan fingerprint density at radius 1 is 1.05 bits per heavy atom. The van der Waals surface area contributed by atoms with E-state index >= 15 is 0 Å². The number of nitrogens with one attached hydrogen (secondary N) is 1. The van der Waals surface area contributed by atoms with Crippen molar-refractivity contribution in [3.63, 3.8) is 0 Å². The molecule has 4 nitrogen and oxygen atoms in total. The summed E-state index contributed by atoms with van der Waals surface area (Å²) < 4.78 is 26.9. The van der Waals surface area contributed by atoms with Gasteiger partial charge in [0.25, 0.3) is 0 Å². The van der Waals surface area contributed by atoms with Crippen molar-refractivity contribution in [2.75, 3.05) is 0 Å². The second-order valence-corrected chi connectivity index (χ2v) is 6.70. The van der Waals surface area contributed by atoms with Gasteiger partial charge in [-0.3, -0.25) is 0 Å². The van der Waals surface area contributed by atoms with Gasteiger partial charge in [0.1, 0.15) is 6.04 Å². The minimum absolute atomic E-state index is 0.0481. The number of nitrogens with zero attached hydrogens (tertiary/aromatic N) is 1. The van der Waals surface area contributed by atoms with E-state index < -0.39 is 16.1 Å². The van der Waals surface area contributed by atoms with Crippen LogP contribution in [0.15, 0.2) is 53.4 Å². The Balaban J connectivity index is 2.32. The highest BCUT2D eigenvalue weighted by molar-refractivity contribution is 7.89. The van der Waals surface area contributed by atoms with Crippen molar-refractivity contribution in [1.82, 2.24) is 4.72 Å². The molecule has 108 valence electrons. The Bertz CT molecular complexity index is 786. The van der Waals surface area contributed by atoms with Crippen LogP contribution in [0, 0.1) is 11.3 Å². The van der Waals surface area contributed by atoms with Crippen molar-refractivity contribution in [2.24, 2.45) is 0 Å². The summed E-state index contributed by atoms with van der Waals surface area (Å²) in [5.74, 6) is 0. The van der Waals surface area contributed by atoms with Crippen molar-refractivity contribution in [1.29, 1.82) is 5.26 Å². The van der Waals surface area contributed by atoms with Crippen LogP contribution < -0.4 is 4.72 Å². The average molecular weight is 341 g/mol. The molecule has 21 heavy (non-hydrogen) atoms. The van der Waals surface area contributed by atoms with Gasteiger partial charge >= 0.3 is 0 Å². The Morgan fingerprint density at radius 3 is 2.29 bits per heavy atom. The Kier molecular flexibility index (Phi) is 4.86. The summed E-state index contributed by atoms with van der Waals surface area (Å²) in [5.41, 5.74) is 0.559. The van der Waals surface area contributed by atoms with E-state index in [0.717, 1.165) is 0 Å². The monoisotopic (exact) mass is 340 g/mol. The Hall–Kier alpha value is -1.58. The topological polar surface area (TPSA) is 70.0 Å². The third kappa shape index (κ3) is 3.74. The van der Waals surface area contributed by atoms with Crippen LogP contribution in [-0.4, -0.2) is 8.42 Å². The van der Waals surface area contributed by atoms with Crippen molar-refractivity contribution < 1.29 is 8.42 Å². The summed E-state index contributed by atoms with van der Waals surface area (Å²) in [6, 6.07) is 13.5. The second kappa shape index (κ2) is 6.46. The first-order chi connectivity index (χ1) is 9.94. The van der Waals surface area contributed by atoms with Gasteiger partial charge < -0.3 is 0 Å². The molecule has 1 unspecified atom stereocenters. The first-order valence-corrected chi connectivity index (χ1v) is 8.10. The van der Waals surface area contributed by atoms with Gasteiger partial charge in [-0.15, -0.1) is 0 Å². The number of benzene rings is 2. The summed E-state index contributed by atoms with van der Waals surface area (Å²) in [7, 11) is -3.87. The SMILES string of the molecule is N#CC(NS(=O)(=O)c1ccc(Cl)c(Cl)c1)c1ccccc1. The van der Waals surface area contributed by atoms with Gasteiger partial charge in [0, 0.05) is 0 Å². The fourth-order valence-corrected chi connectivity index (χ4v) is 3.20. The summed E-state index contributed by atoms with van der Waals surface area (Å²) in [6.07, 6.45) is 0. The quantitative estimate of drug-likeness (QED) is 0.925. The van der Waals surface area contributed by atoms with Crippen LogP contribution in [0.3, 0.4) is 0 Å². The highest BCUT2D eigenvalue weighted by atomic mass is 35.5. The summed E-state index contributed by atoms with van der Waals surface area (Å²) in [5, 5.41) is 9.56. The first kappa shape index (κ1) is 15.8. The zero-order valence-corrected chi connectivity index (χ0v) is 13.0. The van der Waals surface area contributed by atoms with Gasteiger partial charge in [-0.05, 0) is 23.8 Å². The predicted molar refractivity (Wildman–Crippen MR) is 81.6 cm³/mol. The van der Waals surface area contributed by atoms with Gasteiger partial charge in [0.2, 0.25) is 10.0 Å². The fourth-order valence-electron chi connectivity index (χ4n) is 1.68. The summed E-state index contributed by atoms with van der Waals surface area (Å²) >= 11 is 11.6. The molecule has 0 saturated carbocycles. The number of sulfonamides is 1. The number of halogens is 2. The maximum absolute atomic E-state index is 12.3. The molecule has 0 aliphatic carbocycles. The highest BCUT2D eigenvalue weighted by Crippen LogP contribution is 2.25. The van der Waals surface area contributed by atoms with E-state index in [2.05, 4.69) is 4.72 Å². The molecule has 2 rings (SSSR count). The third-order valence-corrected chi connectivity index (χ3v) is 4.90. The molecule has 7 heteroatoms. The van der Waals surface area contributed by atoms with E-state index in [1.807, 2.05) is 6.07 Å². The maximum atomic E-state index is 12.3. The van der Waals surface area contributed by atoms with E-state index in [-0.39, 0.29) is 14.9 Å². The molecular weight excluding hydrogens is 331 g/mol. The molecule has 0 saturated heterocycles. The van der Waals surface area contributed by atoms with Crippen molar-refractivity contribution >= 4 is 33.2 Å². The number of hydrogen-bond donors (Lipinski definition) is 1. The van der Waals surface area contributed by atoms with Crippen LogP contribution in [0.25, 0.3) is 0 Å². The van der Waals surface area contributed by atoms with E-state index in [9.17, 15) is 8.42 Å². The van der Waals surface area contributed by atoms with E-state index in [4.69, 9.17) is 28.5 Å². The standard InChI is InChI=1S/C14H10Cl2N2O2S/c15-12-7-6-11(8-13(12)16)21(19,20)18-14(9-17)10-4-2-1-3-5-10/h1-8,14,18H. The molecule has 0 spiro atoms. The molecule has 2 aromatic rings. The molecule has 1 N–H and O–H groups in total. The maximum Gasteiger partial charge on any atom is 0.242 e. The lowest BCUT2D eigenvalue weighted by Gasteiger charge is -2.12.